The molecule has 19 heavy (non-hydrogen) atoms. The van der Waals surface area contributed by atoms with E-state index < -0.39 is 0 Å². The number of hydrogen-bond acceptors (Lipinski definition) is 5. The van der Waals surface area contributed by atoms with Crippen molar-refractivity contribution in [1.29, 1.82) is 0 Å². The van der Waals surface area contributed by atoms with E-state index in [0.717, 1.165) is 18.8 Å². The fourth-order valence-electron chi connectivity index (χ4n) is 2.22. The van der Waals surface area contributed by atoms with E-state index in [1.807, 2.05) is 26.2 Å². The molecule has 1 atom stereocenters. The highest BCUT2D eigenvalue weighted by molar-refractivity contribution is 6.00. The van der Waals surface area contributed by atoms with Crippen LogP contribution in [0, 0.1) is 0 Å². The highest BCUT2D eigenvalue weighted by Gasteiger charge is 2.19. The quantitative estimate of drug-likeness (QED) is 0.346. The molecule has 1 aromatic heterocycles. The van der Waals surface area contributed by atoms with Gasteiger partial charge >= 0.3 is 0 Å². The van der Waals surface area contributed by atoms with E-state index in [0.29, 0.717) is 11.7 Å². The molecule has 1 rings (SSSR count). The first-order valence-corrected chi connectivity index (χ1v) is 6.35. The van der Waals surface area contributed by atoms with E-state index >= 15 is 0 Å². The number of pyridine rings is 1. The summed E-state index contributed by atoms with van der Waals surface area (Å²) in [6.07, 6.45) is 1.64. The van der Waals surface area contributed by atoms with Crippen LogP contribution < -0.4 is 10.6 Å². The fourth-order valence-corrected chi connectivity index (χ4v) is 2.22. The summed E-state index contributed by atoms with van der Waals surface area (Å²) in [6.45, 7) is 5.96. The maximum Gasteiger partial charge on any atom is 0.190 e. The summed E-state index contributed by atoms with van der Waals surface area (Å²) >= 11 is 0. The van der Waals surface area contributed by atoms with Crippen molar-refractivity contribution in [1.82, 2.24) is 9.88 Å². The van der Waals surface area contributed by atoms with Crippen LogP contribution >= 0.6 is 0 Å². The number of aromatic nitrogens is 1. The average Bonchev–Trinajstić information content (AvgIpc) is 2.38. The molecule has 6 heteroatoms. The zero-order chi connectivity index (χ0) is 14.4. The Kier molecular flexibility index (Phi) is 5.57. The number of likely N-dealkylation sites (N-methyl/N-ethyl adjacent to an activating group) is 2. The SMILES string of the molecule is CCN(c1cccnc1/C(N)=N/O)C(C)CN(C)C. The van der Waals surface area contributed by atoms with Gasteiger partial charge in [-0.25, -0.2) is 0 Å². The molecule has 0 fully saturated rings. The Hall–Kier alpha value is -1.82. The third-order valence-corrected chi connectivity index (χ3v) is 2.95. The summed E-state index contributed by atoms with van der Waals surface area (Å²) in [5, 5.41) is 11.9. The van der Waals surface area contributed by atoms with Crippen molar-refractivity contribution >= 4 is 11.5 Å². The molecule has 1 unspecified atom stereocenters. The third kappa shape index (κ3) is 3.82. The Morgan fingerprint density at radius 3 is 2.74 bits per heavy atom. The van der Waals surface area contributed by atoms with Crippen LogP contribution in [-0.2, 0) is 0 Å². The number of oxime groups is 1. The first kappa shape index (κ1) is 15.2. The molecule has 0 bridgehead atoms. The van der Waals surface area contributed by atoms with Gasteiger partial charge in [0.05, 0.1) is 5.69 Å². The van der Waals surface area contributed by atoms with Crippen LogP contribution in [0.5, 0.6) is 0 Å². The minimum Gasteiger partial charge on any atom is -0.409 e. The van der Waals surface area contributed by atoms with Crippen LogP contribution in [0.4, 0.5) is 5.69 Å². The normalized spacial score (nSPS) is 13.6. The second kappa shape index (κ2) is 6.94. The number of anilines is 1. The summed E-state index contributed by atoms with van der Waals surface area (Å²) in [6, 6.07) is 4.10. The number of nitrogens with zero attached hydrogens (tertiary/aromatic N) is 4. The Morgan fingerprint density at radius 1 is 1.53 bits per heavy atom. The van der Waals surface area contributed by atoms with Gasteiger partial charge in [-0.3, -0.25) is 4.98 Å². The van der Waals surface area contributed by atoms with E-state index in [2.05, 4.69) is 33.8 Å². The molecular weight excluding hydrogens is 242 g/mol. The van der Waals surface area contributed by atoms with Crippen molar-refractivity contribution in [2.45, 2.75) is 19.9 Å². The lowest BCUT2D eigenvalue weighted by atomic mass is 10.2. The monoisotopic (exact) mass is 265 g/mol. The predicted octanol–water partition coefficient (Wildman–Crippen LogP) is 0.952. The summed E-state index contributed by atoms with van der Waals surface area (Å²) < 4.78 is 0. The van der Waals surface area contributed by atoms with Crippen molar-refractivity contribution < 1.29 is 5.21 Å². The van der Waals surface area contributed by atoms with E-state index in [4.69, 9.17) is 10.9 Å². The van der Waals surface area contributed by atoms with Gasteiger partial charge in [0, 0.05) is 25.3 Å². The molecular formula is C13H23N5O. The molecule has 0 amide bonds. The van der Waals surface area contributed by atoms with Gasteiger partial charge < -0.3 is 20.7 Å². The Labute approximate surface area is 114 Å². The van der Waals surface area contributed by atoms with Crippen molar-refractivity contribution in [3.8, 4) is 0 Å². The van der Waals surface area contributed by atoms with Gasteiger partial charge in [-0.1, -0.05) is 5.16 Å². The van der Waals surface area contributed by atoms with E-state index in [9.17, 15) is 0 Å². The number of hydrogen-bond donors (Lipinski definition) is 2. The van der Waals surface area contributed by atoms with Crippen LogP contribution in [0.2, 0.25) is 0 Å². The van der Waals surface area contributed by atoms with E-state index in [1.54, 1.807) is 6.20 Å². The Balaban J connectivity index is 3.11. The highest BCUT2D eigenvalue weighted by atomic mass is 16.4. The van der Waals surface area contributed by atoms with E-state index in [1.165, 1.54) is 0 Å². The molecule has 0 aliphatic rings. The second-order valence-corrected chi connectivity index (χ2v) is 4.75. The molecule has 106 valence electrons. The summed E-state index contributed by atoms with van der Waals surface area (Å²) in [7, 11) is 4.08. The van der Waals surface area contributed by atoms with Gasteiger partial charge in [0.25, 0.3) is 0 Å². The maximum atomic E-state index is 8.85. The molecule has 0 aliphatic heterocycles. The van der Waals surface area contributed by atoms with Crippen molar-refractivity contribution in [2.75, 3.05) is 32.1 Å². The van der Waals surface area contributed by atoms with Crippen molar-refractivity contribution in [3.05, 3.63) is 24.0 Å². The molecule has 1 heterocycles. The lowest BCUT2D eigenvalue weighted by Gasteiger charge is -2.32. The summed E-state index contributed by atoms with van der Waals surface area (Å²) in [5.74, 6) is 0.0334. The van der Waals surface area contributed by atoms with Gasteiger partial charge in [0.15, 0.2) is 5.84 Å². The molecule has 0 aromatic carbocycles. The van der Waals surface area contributed by atoms with Crippen molar-refractivity contribution in [3.63, 3.8) is 0 Å². The first-order chi connectivity index (χ1) is 9.01. The summed E-state index contributed by atoms with van der Waals surface area (Å²) in [4.78, 5) is 8.54. The standard InChI is InChI=1S/C13H23N5O/c1-5-18(10(2)9-17(3)4)11-7-6-8-15-12(11)13(14)16-19/h6-8,10,19H,5,9H2,1-4H3,(H2,14,16). The molecule has 0 saturated heterocycles. The van der Waals surface area contributed by atoms with E-state index in [-0.39, 0.29) is 5.84 Å². The molecule has 0 spiro atoms. The largest absolute Gasteiger partial charge is 0.409 e. The number of rotatable bonds is 6. The minimum atomic E-state index is 0.0334. The Bertz CT molecular complexity index is 433. The molecule has 0 saturated carbocycles. The fraction of sp³-hybridized carbons (Fsp3) is 0.538. The number of nitrogens with two attached hydrogens (primary N) is 1. The second-order valence-electron chi connectivity index (χ2n) is 4.75. The topological polar surface area (TPSA) is 78.0 Å². The molecule has 6 nitrogen and oxygen atoms in total. The molecule has 0 aliphatic carbocycles. The van der Waals surface area contributed by atoms with Gasteiger partial charge in [-0.15, -0.1) is 0 Å². The van der Waals surface area contributed by atoms with Crippen LogP contribution in [-0.4, -0.2) is 54.2 Å². The van der Waals surface area contributed by atoms with Crippen molar-refractivity contribution in [2.24, 2.45) is 10.9 Å². The number of amidine groups is 1. The lowest BCUT2D eigenvalue weighted by molar-refractivity contribution is 0.318. The molecule has 0 radical (unpaired) electrons. The maximum absolute atomic E-state index is 8.85. The molecule has 1 aromatic rings. The third-order valence-electron chi connectivity index (χ3n) is 2.95. The Morgan fingerprint density at radius 2 is 2.21 bits per heavy atom. The van der Waals surface area contributed by atoms with Crippen LogP contribution in [0.3, 0.4) is 0 Å². The summed E-state index contributed by atoms with van der Waals surface area (Å²) in [5.41, 5.74) is 7.08. The van der Waals surface area contributed by atoms with Gasteiger partial charge in [0.2, 0.25) is 0 Å². The zero-order valence-electron chi connectivity index (χ0n) is 12.0. The first-order valence-electron chi connectivity index (χ1n) is 6.35. The van der Waals surface area contributed by atoms with Gasteiger partial charge in [-0.2, -0.15) is 0 Å². The van der Waals surface area contributed by atoms with Gasteiger partial charge in [-0.05, 0) is 40.1 Å². The van der Waals surface area contributed by atoms with Crippen LogP contribution in [0.15, 0.2) is 23.5 Å². The lowest BCUT2D eigenvalue weighted by Crippen LogP contribution is -2.41. The smallest absolute Gasteiger partial charge is 0.190 e. The molecule has 3 N–H and O–H groups in total. The van der Waals surface area contributed by atoms with Gasteiger partial charge in [0.1, 0.15) is 5.69 Å². The average molecular weight is 265 g/mol. The zero-order valence-corrected chi connectivity index (χ0v) is 12.0. The highest BCUT2D eigenvalue weighted by Crippen LogP contribution is 2.20. The minimum absolute atomic E-state index is 0.0334. The van der Waals surface area contributed by atoms with Crippen LogP contribution in [0.1, 0.15) is 19.5 Å². The predicted molar refractivity (Wildman–Crippen MR) is 77.8 cm³/mol. The van der Waals surface area contributed by atoms with Crippen LogP contribution in [0.25, 0.3) is 0 Å².